The first kappa shape index (κ1) is 11.0. The van der Waals surface area contributed by atoms with Crippen molar-refractivity contribution in [3.63, 3.8) is 0 Å². The Morgan fingerprint density at radius 2 is 1.77 bits per heavy atom. The van der Waals surface area contributed by atoms with Crippen molar-refractivity contribution in [2.45, 2.75) is 59.5 Å². The van der Waals surface area contributed by atoms with E-state index in [1.165, 1.54) is 25.7 Å². The normalized spacial score (nSPS) is 22.2. The Labute approximate surface area is 82.9 Å². The summed E-state index contributed by atoms with van der Waals surface area (Å²) in [7, 11) is 0. The van der Waals surface area contributed by atoms with Gasteiger partial charge in [-0.2, -0.15) is 0 Å². The fourth-order valence-corrected chi connectivity index (χ4v) is 1.71. The number of ether oxygens (including phenoxy) is 1. The van der Waals surface area contributed by atoms with Gasteiger partial charge < -0.3 is 4.74 Å². The molecule has 0 aromatic rings. The molecule has 0 aliphatic heterocycles. The van der Waals surface area contributed by atoms with Crippen molar-refractivity contribution >= 4 is 0 Å². The summed E-state index contributed by atoms with van der Waals surface area (Å²) in [6.45, 7) is 9.90. The summed E-state index contributed by atoms with van der Waals surface area (Å²) in [6.07, 6.45) is 5.98. The van der Waals surface area contributed by atoms with Gasteiger partial charge in [0.2, 0.25) is 0 Å². The molecule has 1 heteroatoms. The van der Waals surface area contributed by atoms with Gasteiger partial charge in [0.25, 0.3) is 0 Å². The van der Waals surface area contributed by atoms with Crippen LogP contribution < -0.4 is 0 Å². The predicted molar refractivity (Wildman–Crippen MR) is 56.8 cm³/mol. The SMILES string of the molecule is CC(OCC1CCCC1)C(C)(C)C. The third kappa shape index (κ3) is 3.68. The molecule has 0 saturated heterocycles. The fraction of sp³-hybridized carbons (Fsp3) is 1.00. The van der Waals surface area contributed by atoms with Crippen molar-refractivity contribution in [2.75, 3.05) is 6.61 Å². The van der Waals surface area contributed by atoms with Crippen LogP contribution in [-0.4, -0.2) is 12.7 Å². The first-order valence-corrected chi connectivity index (χ1v) is 5.62. The van der Waals surface area contributed by atoms with E-state index in [1.807, 2.05) is 0 Å². The first-order chi connectivity index (χ1) is 6.00. The molecule has 13 heavy (non-hydrogen) atoms. The molecule has 0 aromatic heterocycles. The zero-order valence-corrected chi connectivity index (χ0v) is 9.60. The maximum Gasteiger partial charge on any atom is 0.0595 e. The molecule has 1 atom stereocenters. The molecule has 1 fully saturated rings. The van der Waals surface area contributed by atoms with Gasteiger partial charge in [-0.3, -0.25) is 0 Å². The van der Waals surface area contributed by atoms with Crippen molar-refractivity contribution in [3.05, 3.63) is 0 Å². The maximum atomic E-state index is 5.89. The monoisotopic (exact) mass is 184 g/mol. The highest BCUT2D eigenvalue weighted by atomic mass is 16.5. The Hall–Kier alpha value is -0.0400. The van der Waals surface area contributed by atoms with E-state index in [1.54, 1.807) is 0 Å². The Morgan fingerprint density at radius 1 is 1.23 bits per heavy atom. The third-order valence-corrected chi connectivity index (χ3v) is 3.28. The van der Waals surface area contributed by atoms with Gasteiger partial charge in [0.1, 0.15) is 0 Å². The van der Waals surface area contributed by atoms with Crippen molar-refractivity contribution in [2.24, 2.45) is 11.3 Å². The van der Waals surface area contributed by atoms with E-state index >= 15 is 0 Å². The molecule has 0 amide bonds. The lowest BCUT2D eigenvalue weighted by Crippen LogP contribution is -2.27. The number of hydrogen-bond acceptors (Lipinski definition) is 1. The van der Waals surface area contributed by atoms with Crippen LogP contribution in [0, 0.1) is 11.3 Å². The van der Waals surface area contributed by atoms with Crippen LogP contribution >= 0.6 is 0 Å². The Balaban J connectivity index is 2.17. The van der Waals surface area contributed by atoms with E-state index in [0.29, 0.717) is 11.5 Å². The minimum atomic E-state index is 0.290. The van der Waals surface area contributed by atoms with E-state index in [4.69, 9.17) is 4.74 Å². The molecule has 0 heterocycles. The smallest absolute Gasteiger partial charge is 0.0595 e. The molecule has 0 spiro atoms. The summed E-state index contributed by atoms with van der Waals surface area (Å²) in [5, 5.41) is 0. The highest BCUT2D eigenvalue weighted by Gasteiger charge is 2.22. The topological polar surface area (TPSA) is 9.23 Å². The van der Waals surface area contributed by atoms with E-state index in [2.05, 4.69) is 27.7 Å². The predicted octanol–water partition coefficient (Wildman–Crippen LogP) is 3.63. The van der Waals surface area contributed by atoms with Crippen LogP contribution in [-0.2, 0) is 4.74 Å². The quantitative estimate of drug-likeness (QED) is 0.651. The first-order valence-electron chi connectivity index (χ1n) is 5.62. The lowest BCUT2D eigenvalue weighted by Gasteiger charge is -2.28. The molecule has 0 aromatic carbocycles. The molecular weight excluding hydrogens is 160 g/mol. The van der Waals surface area contributed by atoms with Gasteiger partial charge in [-0.15, -0.1) is 0 Å². The summed E-state index contributed by atoms with van der Waals surface area (Å²) in [4.78, 5) is 0. The van der Waals surface area contributed by atoms with Gasteiger partial charge in [-0.1, -0.05) is 33.6 Å². The summed E-state index contributed by atoms with van der Waals surface area (Å²) < 4.78 is 5.89. The lowest BCUT2D eigenvalue weighted by atomic mass is 9.90. The number of rotatable bonds is 3. The van der Waals surface area contributed by atoms with Crippen LogP contribution in [0.2, 0.25) is 0 Å². The highest BCUT2D eigenvalue weighted by molar-refractivity contribution is 4.72. The van der Waals surface area contributed by atoms with E-state index in [9.17, 15) is 0 Å². The molecule has 1 unspecified atom stereocenters. The molecule has 78 valence electrons. The molecule has 1 aliphatic rings. The Bertz CT molecular complexity index is 140. The Kier molecular flexibility index (Phi) is 3.78. The van der Waals surface area contributed by atoms with Crippen LogP contribution in [0.25, 0.3) is 0 Å². The van der Waals surface area contributed by atoms with Gasteiger partial charge in [0.15, 0.2) is 0 Å². The van der Waals surface area contributed by atoms with Gasteiger partial charge in [-0.05, 0) is 31.1 Å². The van der Waals surface area contributed by atoms with Crippen molar-refractivity contribution < 1.29 is 4.74 Å². The minimum absolute atomic E-state index is 0.290. The molecular formula is C12H24O. The minimum Gasteiger partial charge on any atom is -0.378 e. The summed E-state index contributed by atoms with van der Waals surface area (Å²) in [5.74, 6) is 0.852. The van der Waals surface area contributed by atoms with E-state index in [0.717, 1.165) is 12.5 Å². The molecule has 1 rings (SSSR count). The second kappa shape index (κ2) is 4.45. The largest absolute Gasteiger partial charge is 0.378 e. The van der Waals surface area contributed by atoms with Crippen LogP contribution in [0.4, 0.5) is 0 Å². The second-order valence-corrected chi connectivity index (χ2v) is 5.49. The third-order valence-electron chi connectivity index (χ3n) is 3.28. The molecule has 0 radical (unpaired) electrons. The standard InChI is InChI=1S/C12H24O/c1-10(12(2,3)4)13-9-11-7-5-6-8-11/h10-11H,5-9H2,1-4H3. The van der Waals surface area contributed by atoms with Crippen LogP contribution in [0.15, 0.2) is 0 Å². The molecule has 0 N–H and O–H groups in total. The molecule has 0 bridgehead atoms. The Morgan fingerprint density at radius 3 is 2.23 bits per heavy atom. The second-order valence-electron chi connectivity index (χ2n) is 5.49. The zero-order chi connectivity index (χ0) is 9.90. The van der Waals surface area contributed by atoms with Crippen LogP contribution in [0.1, 0.15) is 53.4 Å². The summed E-state index contributed by atoms with van der Waals surface area (Å²) in [5.41, 5.74) is 0.290. The number of hydrogen-bond donors (Lipinski definition) is 0. The maximum absolute atomic E-state index is 5.89. The fourth-order valence-electron chi connectivity index (χ4n) is 1.71. The molecule has 1 saturated carbocycles. The summed E-state index contributed by atoms with van der Waals surface area (Å²) >= 11 is 0. The van der Waals surface area contributed by atoms with Crippen molar-refractivity contribution in [1.29, 1.82) is 0 Å². The van der Waals surface area contributed by atoms with Crippen LogP contribution in [0.5, 0.6) is 0 Å². The highest BCUT2D eigenvalue weighted by Crippen LogP contribution is 2.27. The van der Waals surface area contributed by atoms with Crippen molar-refractivity contribution in [1.82, 2.24) is 0 Å². The van der Waals surface area contributed by atoms with Gasteiger partial charge in [0.05, 0.1) is 6.10 Å². The summed E-state index contributed by atoms with van der Waals surface area (Å²) in [6, 6.07) is 0. The van der Waals surface area contributed by atoms with Crippen molar-refractivity contribution in [3.8, 4) is 0 Å². The molecule has 1 aliphatic carbocycles. The zero-order valence-electron chi connectivity index (χ0n) is 9.60. The average Bonchev–Trinajstić information content (AvgIpc) is 2.50. The lowest BCUT2D eigenvalue weighted by molar-refractivity contribution is -0.0207. The van der Waals surface area contributed by atoms with E-state index < -0.39 is 0 Å². The van der Waals surface area contributed by atoms with Gasteiger partial charge in [-0.25, -0.2) is 0 Å². The average molecular weight is 184 g/mol. The van der Waals surface area contributed by atoms with E-state index in [-0.39, 0.29) is 0 Å². The van der Waals surface area contributed by atoms with Gasteiger partial charge in [0, 0.05) is 6.61 Å². The van der Waals surface area contributed by atoms with Crippen LogP contribution in [0.3, 0.4) is 0 Å². The van der Waals surface area contributed by atoms with Gasteiger partial charge >= 0.3 is 0 Å². The molecule has 1 nitrogen and oxygen atoms in total.